The molecule has 1 aromatic rings. The predicted octanol–water partition coefficient (Wildman–Crippen LogP) is 3.95. The van der Waals surface area contributed by atoms with Crippen LogP contribution in [-0.4, -0.2) is 9.78 Å². The van der Waals surface area contributed by atoms with E-state index in [0.717, 1.165) is 10.4 Å². The smallest absolute Gasteiger partial charge is 0.0715 e. The lowest BCUT2D eigenvalue weighted by Gasteiger charge is -2.34. The average Bonchev–Trinajstić information content (AvgIpc) is 2.82. The van der Waals surface area contributed by atoms with E-state index in [-0.39, 0.29) is 6.04 Å². The van der Waals surface area contributed by atoms with Crippen LogP contribution in [0.15, 0.2) is 10.7 Å². The maximum atomic E-state index is 5.91. The summed E-state index contributed by atoms with van der Waals surface area (Å²) in [6.07, 6.45) is 8.37. The summed E-state index contributed by atoms with van der Waals surface area (Å²) < 4.78 is 3.15. The van der Waals surface area contributed by atoms with Gasteiger partial charge in [-0.3, -0.25) is 16.0 Å². The number of hydrazine groups is 1. The molecule has 114 valence electrons. The van der Waals surface area contributed by atoms with Crippen molar-refractivity contribution in [2.24, 2.45) is 17.7 Å². The Labute approximate surface area is 130 Å². The van der Waals surface area contributed by atoms with E-state index < -0.39 is 0 Å². The molecule has 5 heteroatoms. The van der Waals surface area contributed by atoms with Crippen molar-refractivity contribution in [1.82, 2.24) is 15.2 Å². The zero-order chi connectivity index (χ0) is 14.7. The lowest BCUT2D eigenvalue weighted by atomic mass is 9.76. The molecule has 1 saturated carbocycles. The second-order valence-electron chi connectivity index (χ2n) is 6.26. The van der Waals surface area contributed by atoms with E-state index in [1.807, 2.05) is 6.20 Å². The van der Waals surface area contributed by atoms with Crippen LogP contribution in [0.5, 0.6) is 0 Å². The van der Waals surface area contributed by atoms with Crippen LogP contribution < -0.4 is 11.3 Å². The minimum absolute atomic E-state index is 0.184. The first-order valence-electron chi connectivity index (χ1n) is 7.77. The molecule has 1 aliphatic carbocycles. The first-order valence-corrected chi connectivity index (χ1v) is 8.56. The molecule has 1 heterocycles. The molecule has 0 radical (unpaired) electrons. The number of nitrogens with two attached hydrogens (primary N) is 1. The van der Waals surface area contributed by atoms with Crippen molar-refractivity contribution in [1.29, 1.82) is 0 Å². The summed E-state index contributed by atoms with van der Waals surface area (Å²) in [5.74, 6) is 7.35. The molecule has 0 aliphatic heterocycles. The fourth-order valence-corrected chi connectivity index (χ4v) is 4.02. The minimum Gasteiger partial charge on any atom is -0.271 e. The van der Waals surface area contributed by atoms with Crippen molar-refractivity contribution in [2.75, 3.05) is 0 Å². The van der Waals surface area contributed by atoms with E-state index >= 15 is 0 Å². The number of nitrogens with one attached hydrogen (secondary N) is 1. The van der Waals surface area contributed by atoms with Gasteiger partial charge in [0, 0.05) is 6.04 Å². The van der Waals surface area contributed by atoms with Crippen LogP contribution in [0.2, 0.25) is 0 Å². The third-order valence-corrected chi connectivity index (χ3v) is 5.23. The summed E-state index contributed by atoms with van der Waals surface area (Å²) in [5, 5.41) is 4.49. The van der Waals surface area contributed by atoms with E-state index in [4.69, 9.17) is 5.84 Å². The van der Waals surface area contributed by atoms with Gasteiger partial charge in [-0.2, -0.15) is 5.10 Å². The molecule has 0 aromatic carbocycles. The quantitative estimate of drug-likeness (QED) is 0.629. The summed E-state index contributed by atoms with van der Waals surface area (Å²) in [5.41, 5.74) is 4.26. The van der Waals surface area contributed by atoms with Gasteiger partial charge in [0.15, 0.2) is 0 Å². The van der Waals surface area contributed by atoms with Gasteiger partial charge in [0.05, 0.1) is 22.4 Å². The maximum absolute atomic E-state index is 5.91. The highest BCUT2D eigenvalue weighted by Crippen LogP contribution is 2.40. The molecule has 0 bridgehead atoms. The maximum Gasteiger partial charge on any atom is 0.0715 e. The van der Waals surface area contributed by atoms with Crippen LogP contribution in [0, 0.1) is 11.8 Å². The summed E-state index contributed by atoms with van der Waals surface area (Å²) >= 11 is 3.65. The molecule has 2 rings (SSSR count). The van der Waals surface area contributed by atoms with Gasteiger partial charge in [-0.25, -0.2) is 0 Å². The predicted molar refractivity (Wildman–Crippen MR) is 86.1 cm³/mol. The molecule has 1 aromatic heterocycles. The highest BCUT2D eigenvalue weighted by molar-refractivity contribution is 9.10. The van der Waals surface area contributed by atoms with E-state index in [1.165, 1.54) is 37.8 Å². The molecular formula is C15H27BrN4. The molecule has 1 aliphatic rings. The van der Waals surface area contributed by atoms with Crippen LogP contribution in [0.25, 0.3) is 0 Å². The Morgan fingerprint density at radius 3 is 2.85 bits per heavy atom. The lowest BCUT2D eigenvalue weighted by molar-refractivity contribution is 0.202. The van der Waals surface area contributed by atoms with E-state index in [1.54, 1.807) is 0 Å². The van der Waals surface area contributed by atoms with Crippen LogP contribution in [0.1, 0.15) is 70.7 Å². The minimum atomic E-state index is 0.184. The van der Waals surface area contributed by atoms with Crippen molar-refractivity contribution < 1.29 is 0 Å². The van der Waals surface area contributed by atoms with Gasteiger partial charge in [0.2, 0.25) is 0 Å². The Morgan fingerprint density at radius 1 is 1.50 bits per heavy atom. The highest BCUT2D eigenvalue weighted by Gasteiger charge is 2.32. The van der Waals surface area contributed by atoms with Gasteiger partial charge in [0.25, 0.3) is 0 Å². The Hall–Kier alpha value is -0.390. The molecular weight excluding hydrogens is 316 g/mol. The number of hydrogen-bond donors (Lipinski definition) is 2. The second-order valence-corrected chi connectivity index (χ2v) is 7.12. The molecule has 3 atom stereocenters. The Morgan fingerprint density at radius 2 is 2.25 bits per heavy atom. The molecule has 0 amide bonds. The van der Waals surface area contributed by atoms with E-state index in [2.05, 4.69) is 51.9 Å². The molecule has 4 nitrogen and oxygen atoms in total. The fourth-order valence-electron chi connectivity index (χ4n) is 3.50. The molecule has 0 spiro atoms. The van der Waals surface area contributed by atoms with Crippen molar-refractivity contribution in [2.45, 2.75) is 65.0 Å². The summed E-state index contributed by atoms with van der Waals surface area (Å²) in [7, 11) is 0. The van der Waals surface area contributed by atoms with E-state index in [9.17, 15) is 0 Å². The number of halogens is 1. The summed E-state index contributed by atoms with van der Waals surface area (Å²) in [6, 6.07) is 0.529. The SMILES string of the molecule is CCC1CCCC(C(NN)c2c(Br)cnn2C(C)C)C1. The molecule has 1 fully saturated rings. The van der Waals surface area contributed by atoms with Crippen molar-refractivity contribution in [3.63, 3.8) is 0 Å². The number of rotatable bonds is 5. The third-order valence-electron chi connectivity index (χ3n) is 4.62. The Kier molecular flexibility index (Phi) is 5.64. The largest absolute Gasteiger partial charge is 0.271 e. The average molecular weight is 343 g/mol. The normalized spacial score (nSPS) is 25.1. The Bertz CT molecular complexity index is 430. The summed E-state index contributed by atoms with van der Waals surface area (Å²) in [6.45, 7) is 6.62. The van der Waals surface area contributed by atoms with Crippen molar-refractivity contribution in [3.05, 3.63) is 16.4 Å². The standard InChI is InChI=1S/C15H27BrN4/c1-4-11-6-5-7-12(8-11)14(19-17)15-13(16)9-18-20(15)10(2)3/h9-12,14,19H,4-8,17H2,1-3H3. The van der Waals surface area contributed by atoms with Crippen molar-refractivity contribution in [3.8, 4) is 0 Å². The number of aromatic nitrogens is 2. The summed E-state index contributed by atoms with van der Waals surface area (Å²) in [4.78, 5) is 0. The van der Waals surface area contributed by atoms with Gasteiger partial charge >= 0.3 is 0 Å². The van der Waals surface area contributed by atoms with Crippen LogP contribution in [-0.2, 0) is 0 Å². The van der Waals surface area contributed by atoms with Gasteiger partial charge in [-0.05, 0) is 54.5 Å². The van der Waals surface area contributed by atoms with Crippen LogP contribution in [0.3, 0.4) is 0 Å². The van der Waals surface area contributed by atoms with Gasteiger partial charge in [-0.1, -0.05) is 26.2 Å². The van der Waals surface area contributed by atoms with Crippen LogP contribution in [0.4, 0.5) is 0 Å². The fraction of sp³-hybridized carbons (Fsp3) is 0.800. The zero-order valence-corrected chi connectivity index (χ0v) is 14.4. The number of hydrogen-bond acceptors (Lipinski definition) is 3. The second kappa shape index (κ2) is 7.05. The van der Waals surface area contributed by atoms with E-state index in [0.29, 0.717) is 12.0 Å². The molecule has 3 unspecified atom stereocenters. The van der Waals surface area contributed by atoms with Crippen LogP contribution >= 0.6 is 15.9 Å². The third kappa shape index (κ3) is 3.26. The first kappa shape index (κ1) is 16.0. The topological polar surface area (TPSA) is 55.9 Å². The van der Waals surface area contributed by atoms with Crippen molar-refractivity contribution >= 4 is 15.9 Å². The molecule has 3 N–H and O–H groups in total. The first-order chi connectivity index (χ1) is 9.58. The molecule has 0 saturated heterocycles. The van der Waals surface area contributed by atoms with Gasteiger partial charge in [-0.15, -0.1) is 0 Å². The highest BCUT2D eigenvalue weighted by atomic mass is 79.9. The van der Waals surface area contributed by atoms with Gasteiger partial charge < -0.3 is 0 Å². The zero-order valence-electron chi connectivity index (χ0n) is 12.8. The number of nitrogens with zero attached hydrogens (tertiary/aromatic N) is 2. The Balaban J connectivity index is 2.25. The van der Waals surface area contributed by atoms with Gasteiger partial charge in [0.1, 0.15) is 0 Å². The lowest BCUT2D eigenvalue weighted by Crippen LogP contribution is -2.37. The molecule has 20 heavy (non-hydrogen) atoms. The monoisotopic (exact) mass is 342 g/mol.